The quantitative estimate of drug-likeness (QED) is 0.526. The summed E-state index contributed by atoms with van der Waals surface area (Å²) in [6.07, 6.45) is 2.00. The van der Waals surface area contributed by atoms with Crippen molar-refractivity contribution in [2.75, 3.05) is 19.8 Å². The van der Waals surface area contributed by atoms with Crippen LogP contribution in [-0.2, 0) is 28.5 Å². The second kappa shape index (κ2) is 6.32. The number of hydrogen-bond donors (Lipinski definition) is 0. The van der Waals surface area contributed by atoms with Gasteiger partial charge in [0.2, 0.25) is 5.76 Å². The smallest absolute Gasteiger partial charge is 0.378 e. The molecular formula is C15H20O6. The van der Waals surface area contributed by atoms with Crippen LogP contribution in [0.15, 0.2) is 36.8 Å². The highest BCUT2D eigenvalue weighted by Gasteiger charge is 2.48. The Balaban J connectivity index is 2.19. The molecule has 0 aromatic heterocycles. The minimum absolute atomic E-state index is 0.0510. The molecule has 0 spiro atoms. The van der Waals surface area contributed by atoms with Crippen LogP contribution in [0.1, 0.15) is 13.8 Å². The molecule has 0 amide bonds. The molecule has 6 heteroatoms. The first-order valence-electron chi connectivity index (χ1n) is 6.73. The largest absolute Gasteiger partial charge is 0.486 e. The SMILES string of the molecule is C=CCOC1=C(OCC=C)[C@@H]([C@@H]2COC(C)(C)O2)OC1=O. The van der Waals surface area contributed by atoms with Crippen LogP contribution in [0.5, 0.6) is 0 Å². The lowest BCUT2D eigenvalue weighted by atomic mass is 10.2. The van der Waals surface area contributed by atoms with Gasteiger partial charge in [-0.05, 0) is 13.8 Å². The Bertz CT molecular complexity index is 465. The molecule has 0 saturated carbocycles. The van der Waals surface area contributed by atoms with Gasteiger partial charge in [0.05, 0.1) is 6.61 Å². The van der Waals surface area contributed by atoms with Crippen molar-refractivity contribution in [3.63, 3.8) is 0 Å². The molecule has 0 unspecified atom stereocenters. The number of rotatable bonds is 7. The third kappa shape index (κ3) is 3.46. The molecule has 2 aliphatic heterocycles. The maximum atomic E-state index is 11.9. The van der Waals surface area contributed by atoms with Gasteiger partial charge in [0, 0.05) is 0 Å². The van der Waals surface area contributed by atoms with E-state index in [4.69, 9.17) is 23.7 Å². The van der Waals surface area contributed by atoms with Crippen molar-refractivity contribution in [3.8, 4) is 0 Å². The van der Waals surface area contributed by atoms with E-state index in [1.54, 1.807) is 19.9 Å². The molecular weight excluding hydrogens is 276 g/mol. The van der Waals surface area contributed by atoms with E-state index >= 15 is 0 Å². The average molecular weight is 296 g/mol. The maximum Gasteiger partial charge on any atom is 0.378 e. The molecule has 2 rings (SSSR count). The van der Waals surface area contributed by atoms with Crippen molar-refractivity contribution in [2.24, 2.45) is 0 Å². The molecule has 0 N–H and O–H groups in total. The van der Waals surface area contributed by atoms with Crippen LogP contribution in [-0.4, -0.2) is 43.8 Å². The first-order valence-corrected chi connectivity index (χ1v) is 6.73. The lowest BCUT2D eigenvalue weighted by molar-refractivity contribution is -0.163. The molecule has 6 nitrogen and oxygen atoms in total. The Labute approximate surface area is 123 Å². The summed E-state index contributed by atoms with van der Waals surface area (Å²) >= 11 is 0. The van der Waals surface area contributed by atoms with Crippen molar-refractivity contribution in [3.05, 3.63) is 36.8 Å². The van der Waals surface area contributed by atoms with Gasteiger partial charge in [-0.15, -0.1) is 0 Å². The molecule has 1 fully saturated rings. The Morgan fingerprint density at radius 2 is 1.95 bits per heavy atom. The lowest BCUT2D eigenvalue weighted by Gasteiger charge is -2.21. The number of hydrogen-bond acceptors (Lipinski definition) is 6. The molecule has 0 radical (unpaired) electrons. The Morgan fingerprint density at radius 1 is 1.29 bits per heavy atom. The van der Waals surface area contributed by atoms with Gasteiger partial charge in [0.15, 0.2) is 17.7 Å². The van der Waals surface area contributed by atoms with Gasteiger partial charge in [-0.3, -0.25) is 0 Å². The van der Waals surface area contributed by atoms with E-state index in [1.807, 2.05) is 0 Å². The standard InChI is InChI=1S/C15H20O6/c1-5-7-17-12-11(10-9-19-15(3,4)21-10)20-14(16)13(12)18-8-6-2/h5-6,10-11H,1-2,7-9H2,3-4H3/t10-,11+/m0/s1. The van der Waals surface area contributed by atoms with Gasteiger partial charge in [0.25, 0.3) is 0 Å². The van der Waals surface area contributed by atoms with Crippen LogP contribution in [0.25, 0.3) is 0 Å². The molecule has 116 valence electrons. The van der Waals surface area contributed by atoms with Crippen LogP contribution in [0, 0.1) is 0 Å². The van der Waals surface area contributed by atoms with E-state index in [9.17, 15) is 4.79 Å². The van der Waals surface area contributed by atoms with Crippen LogP contribution >= 0.6 is 0 Å². The molecule has 0 aromatic rings. The summed E-state index contributed by atoms with van der Waals surface area (Å²) in [5.41, 5.74) is 0. The maximum absolute atomic E-state index is 11.9. The van der Waals surface area contributed by atoms with Crippen molar-refractivity contribution in [1.29, 1.82) is 0 Å². The predicted molar refractivity (Wildman–Crippen MR) is 74.1 cm³/mol. The fourth-order valence-electron chi connectivity index (χ4n) is 2.13. The first kappa shape index (κ1) is 15.6. The molecule has 21 heavy (non-hydrogen) atoms. The van der Waals surface area contributed by atoms with Crippen LogP contribution in [0.4, 0.5) is 0 Å². The van der Waals surface area contributed by atoms with Gasteiger partial charge < -0.3 is 23.7 Å². The minimum Gasteiger partial charge on any atom is -0.486 e. The third-order valence-electron chi connectivity index (χ3n) is 2.97. The molecule has 2 heterocycles. The number of esters is 1. The molecule has 2 aliphatic rings. The van der Waals surface area contributed by atoms with Crippen molar-refractivity contribution < 1.29 is 28.5 Å². The number of carbonyl (C=O) groups excluding carboxylic acids is 1. The topological polar surface area (TPSA) is 63.2 Å². The Hall–Kier alpha value is -1.79. The molecule has 0 aliphatic carbocycles. The van der Waals surface area contributed by atoms with E-state index < -0.39 is 24.0 Å². The van der Waals surface area contributed by atoms with Crippen molar-refractivity contribution >= 4 is 5.97 Å². The normalized spacial score (nSPS) is 27.4. The summed E-state index contributed by atoms with van der Waals surface area (Å²) < 4.78 is 27.4. The van der Waals surface area contributed by atoms with Crippen LogP contribution < -0.4 is 0 Å². The Morgan fingerprint density at radius 3 is 2.52 bits per heavy atom. The fraction of sp³-hybridized carbons (Fsp3) is 0.533. The molecule has 0 bridgehead atoms. The summed E-state index contributed by atoms with van der Waals surface area (Å²) in [6, 6.07) is 0. The average Bonchev–Trinajstić information content (AvgIpc) is 2.94. The second-order valence-electron chi connectivity index (χ2n) is 5.09. The zero-order valence-electron chi connectivity index (χ0n) is 12.3. The zero-order valence-corrected chi connectivity index (χ0v) is 12.3. The minimum atomic E-state index is -0.717. The predicted octanol–water partition coefficient (Wildman–Crippen LogP) is 1.68. The second-order valence-corrected chi connectivity index (χ2v) is 5.09. The van der Waals surface area contributed by atoms with Gasteiger partial charge >= 0.3 is 5.97 Å². The van der Waals surface area contributed by atoms with Crippen molar-refractivity contribution in [2.45, 2.75) is 31.8 Å². The highest BCUT2D eigenvalue weighted by Crippen LogP contribution is 2.34. The monoisotopic (exact) mass is 296 g/mol. The number of ether oxygens (including phenoxy) is 5. The highest BCUT2D eigenvalue weighted by molar-refractivity contribution is 5.89. The van der Waals surface area contributed by atoms with Gasteiger partial charge in [-0.1, -0.05) is 25.3 Å². The lowest BCUT2D eigenvalue weighted by Crippen LogP contribution is -2.33. The van der Waals surface area contributed by atoms with E-state index in [1.165, 1.54) is 6.08 Å². The van der Waals surface area contributed by atoms with E-state index in [-0.39, 0.29) is 19.0 Å². The fourth-order valence-corrected chi connectivity index (χ4v) is 2.13. The van der Waals surface area contributed by atoms with Crippen molar-refractivity contribution in [1.82, 2.24) is 0 Å². The summed E-state index contributed by atoms with van der Waals surface area (Å²) in [4.78, 5) is 11.9. The van der Waals surface area contributed by atoms with Crippen LogP contribution in [0.3, 0.4) is 0 Å². The zero-order chi connectivity index (χ0) is 15.5. The summed E-state index contributed by atoms with van der Waals surface area (Å²) in [5, 5.41) is 0. The molecule has 0 aromatic carbocycles. The molecule has 2 atom stereocenters. The van der Waals surface area contributed by atoms with E-state index in [0.29, 0.717) is 12.4 Å². The number of carbonyl (C=O) groups is 1. The molecule has 1 saturated heterocycles. The third-order valence-corrected chi connectivity index (χ3v) is 2.97. The Kier molecular flexibility index (Phi) is 4.69. The highest BCUT2D eigenvalue weighted by atomic mass is 16.8. The van der Waals surface area contributed by atoms with E-state index in [2.05, 4.69) is 13.2 Å². The summed E-state index contributed by atoms with van der Waals surface area (Å²) in [5.74, 6) is -0.928. The summed E-state index contributed by atoms with van der Waals surface area (Å²) in [7, 11) is 0. The van der Waals surface area contributed by atoms with Crippen LogP contribution in [0.2, 0.25) is 0 Å². The number of cyclic esters (lactones) is 1. The first-order chi connectivity index (χ1) is 9.98. The summed E-state index contributed by atoms with van der Waals surface area (Å²) in [6.45, 7) is 11.5. The van der Waals surface area contributed by atoms with E-state index in [0.717, 1.165) is 0 Å². The van der Waals surface area contributed by atoms with Gasteiger partial charge in [-0.2, -0.15) is 0 Å². The van der Waals surface area contributed by atoms with Gasteiger partial charge in [-0.25, -0.2) is 4.79 Å². The van der Waals surface area contributed by atoms with Gasteiger partial charge in [0.1, 0.15) is 19.3 Å².